The van der Waals surface area contributed by atoms with Crippen molar-refractivity contribution in [1.82, 2.24) is 9.97 Å². The number of aromatic amines is 1. The number of rotatable bonds is 2. The molecule has 1 heterocycles. The SMILES string of the molecule is CC(C)c1nc2c3ccc(c2[nH]1)CCc1ccc(c(C(C)C)c1)CC3. The number of imidazole rings is 1. The van der Waals surface area contributed by atoms with Crippen LogP contribution >= 0.6 is 0 Å². The monoisotopic (exact) mass is 332 g/mol. The summed E-state index contributed by atoms with van der Waals surface area (Å²) in [6.45, 7) is 9.03. The fourth-order valence-corrected chi connectivity index (χ4v) is 4.02. The summed E-state index contributed by atoms with van der Waals surface area (Å²) in [4.78, 5) is 8.58. The highest BCUT2D eigenvalue weighted by Gasteiger charge is 2.16. The van der Waals surface area contributed by atoms with Crippen molar-refractivity contribution in [2.75, 3.05) is 0 Å². The first kappa shape index (κ1) is 16.4. The number of aromatic nitrogens is 2. The Balaban J connectivity index is 1.84. The van der Waals surface area contributed by atoms with Gasteiger partial charge in [0.15, 0.2) is 0 Å². The molecule has 3 aromatic rings. The minimum atomic E-state index is 0.430. The lowest BCUT2D eigenvalue weighted by atomic mass is 9.88. The maximum absolute atomic E-state index is 4.96. The van der Waals surface area contributed by atoms with Crippen LogP contribution in [-0.4, -0.2) is 9.97 Å². The Morgan fingerprint density at radius 2 is 1.48 bits per heavy atom. The number of hydrogen-bond donors (Lipinski definition) is 1. The third kappa shape index (κ3) is 2.99. The molecule has 1 N–H and O–H groups in total. The van der Waals surface area contributed by atoms with E-state index in [1.54, 1.807) is 0 Å². The van der Waals surface area contributed by atoms with Crippen molar-refractivity contribution in [3.63, 3.8) is 0 Å². The predicted molar refractivity (Wildman–Crippen MR) is 106 cm³/mol. The second kappa shape index (κ2) is 6.33. The van der Waals surface area contributed by atoms with E-state index in [2.05, 4.69) is 63.0 Å². The Labute approximate surface area is 150 Å². The smallest absolute Gasteiger partial charge is 0.109 e. The minimum Gasteiger partial charge on any atom is -0.342 e. The maximum Gasteiger partial charge on any atom is 0.109 e. The molecule has 4 aliphatic carbocycles. The highest BCUT2D eigenvalue weighted by molar-refractivity contribution is 5.82. The zero-order valence-electron chi connectivity index (χ0n) is 15.8. The van der Waals surface area contributed by atoms with E-state index < -0.39 is 0 Å². The molecule has 1 aromatic heterocycles. The van der Waals surface area contributed by atoms with Gasteiger partial charge in [0.25, 0.3) is 0 Å². The number of nitrogens with one attached hydrogen (secondary N) is 1. The molecular formula is C23H28N2. The molecule has 0 amide bonds. The fourth-order valence-electron chi connectivity index (χ4n) is 4.02. The molecule has 0 saturated heterocycles. The lowest BCUT2D eigenvalue weighted by Crippen LogP contribution is -2.04. The van der Waals surface area contributed by atoms with Gasteiger partial charge in [-0.05, 0) is 59.4 Å². The molecule has 2 heteroatoms. The molecule has 0 saturated carbocycles. The number of nitrogens with zero attached hydrogens (tertiary/aromatic N) is 1. The van der Waals surface area contributed by atoms with Crippen molar-refractivity contribution in [2.24, 2.45) is 0 Å². The highest BCUT2D eigenvalue weighted by atomic mass is 14.9. The van der Waals surface area contributed by atoms with E-state index in [1.807, 2.05) is 0 Å². The van der Waals surface area contributed by atoms with Crippen molar-refractivity contribution < 1.29 is 0 Å². The molecule has 4 aliphatic rings. The summed E-state index contributed by atoms with van der Waals surface area (Å²) >= 11 is 0. The summed E-state index contributed by atoms with van der Waals surface area (Å²) < 4.78 is 0. The largest absolute Gasteiger partial charge is 0.342 e. The van der Waals surface area contributed by atoms with Crippen LogP contribution in [0.4, 0.5) is 0 Å². The van der Waals surface area contributed by atoms with Crippen LogP contribution in [-0.2, 0) is 25.7 Å². The van der Waals surface area contributed by atoms with Crippen molar-refractivity contribution in [2.45, 2.75) is 65.2 Å². The molecule has 2 nitrogen and oxygen atoms in total. The lowest BCUT2D eigenvalue weighted by molar-refractivity contribution is 0.798. The van der Waals surface area contributed by atoms with E-state index in [0.29, 0.717) is 11.8 Å². The molecule has 7 rings (SSSR count). The van der Waals surface area contributed by atoms with Crippen LogP contribution in [0.1, 0.15) is 73.2 Å². The standard InChI is InChI=1S/C23H28N2/c1-14(2)20-13-16-5-7-17(20)9-10-19-12-11-18(8-6-16)21-22(19)25-23(24-21)15(3)4/h5,7,11-15H,6,8-10H2,1-4H3,(H,24,25). The third-order valence-corrected chi connectivity index (χ3v) is 5.56. The Morgan fingerprint density at radius 3 is 2.24 bits per heavy atom. The lowest BCUT2D eigenvalue weighted by Gasteiger charge is -2.17. The maximum atomic E-state index is 4.96. The summed E-state index contributed by atoms with van der Waals surface area (Å²) in [5, 5.41) is 0. The van der Waals surface area contributed by atoms with Gasteiger partial charge in [0.1, 0.15) is 5.82 Å². The van der Waals surface area contributed by atoms with E-state index in [9.17, 15) is 0 Å². The van der Waals surface area contributed by atoms with E-state index >= 15 is 0 Å². The summed E-state index contributed by atoms with van der Waals surface area (Å²) in [6.07, 6.45) is 4.29. The Bertz CT molecular complexity index is 915. The zero-order chi connectivity index (χ0) is 17.6. The molecular weight excluding hydrogens is 304 g/mol. The second-order valence-corrected chi connectivity index (χ2v) is 8.07. The zero-order valence-corrected chi connectivity index (χ0v) is 15.8. The fraction of sp³-hybridized carbons (Fsp3) is 0.435. The van der Waals surface area contributed by atoms with E-state index in [1.165, 1.54) is 38.9 Å². The van der Waals surface area contributed by atoms with Gasteiger partial charge in [-0.1, -0.05) is 58.0 Å². The third-order valence-electron chi connectivity index (χ3n) is 5.56. The van der Waals surface area contributed by atoms with Crippen LogP contribution in [0.3, 0.4) is 0 Å². The van der Waals surface area contributed by atoms with Gasteiger partial charge in [0, 0.05) is 5.92 Å². The van der Waals surface area contributed by atoms with Crippen LogP contribution in [0.15, 0.2) is 30.3 Å². The number of hydrogen-bond acceptors (Lipinski definition) is 1. The Hall–Kier alpha value is -2.09. The van der Waals surface area contributed by atoms with E-state index in [-0.39, 0.29) is 0 Å². The van der Waals surface area contributed by atoms with Gasteiger partial charge < -0.3 is 4.98 Å². The van der Waals surface area contributed by atoms with Gasteiger partial charge in [0.05, 0.1) is 11.0 Å². The molecule has 0 unspecified atom stereocenters. The normalized spacial score (nSPS) is 14.5. The molecule has 0 fully saturated rings. The van der Waals surface area contributed by atoms with Gasteiger partial charge >= 0.3 is 0 Å². The van der Waals surface area contributed by atoms with Crippen LogP contribution in [0.25, 0.3) is 11.0 Å². The highest BCUT2D eigenvalue weighted by Crippen LogP contribution is 2.29. The predicted octanol–water partition coefficient (Wildman–Crippen LogP) is 5.69. The van der Waals surface area contributed by atoms with Gasteiger partial charge in [-0.25, -0.2) is 4.98 Å². The molecule has 0 spiro atoms. The van der Waals surface area contributed by atoms with Crippen molar-refractivity contribution in [1.29, 1.82) is 0 Å². The Kier molecular flexibility index (Phi) is 4.15. The van der Waals surface area contributed by atoms with Crippen molar-refractivity contribution in [3.05, 3.63) is 64.0 Å². The van der Waals surface area contributed by atoms with Crippen molar-refractivity contribution in [3.8, 4) is 0 Å². The van der Waals surface area contributed by atoms with Gasteiger partial charge in [-0.2, -0.15) is 0 Å². The molecule has 0 atom stereocenters. The average molecular weight is 332 g/mol. The van der Waals surface area contributed by atoms with E-state index in [4.69, 9.17) is 4.98 Å². The van der Waals surface area contributed by atoms with Gasteiger partial charge in [-0.15, -0.1) is 0 Å². The number of benzene rings is 2. The first-order chi connectivity index (χ1) is 12.0. The van der Waals surface area contributed by atoms with Gasteiger partial charge in [0.2, 0.25) is 0 Å². The first-order valence-electron chi connectivity index (χ1n) is 9.65. The van der Waals surface area contributed by atoms with Crippen LogP contribution in [0, 0.1) is 0 Å². The molecule has 0 radical (unpaired) electrons. The van der Waals surface area contributed by atoms with Crippen LogP contribution in [0.2, 0.25) is 0 Å². The molecule has 2 aromatic carbocycles. The average Bonchev–Trinajstić information content (AvgIpc) is 3.02. The summed E-state index contributed by atoms with van der Waals surface area (Å²) in [5.41, 5.74) is 9.71. The topological polar surface area (TPSA) is 28.7 Å². The van der Waals surface area contributed by atoms with E-state index in [0.717, 1.165) is 31.5 Å². The molecule has 0 aliphatic heterocycles. The second-order valence-electron chi connectivity index (χ2n) is 8.07. The number of H-pyrrole nitrogens is 1. The minimum absolute atomic E-state index is 0.430. The summed E-state index contributed by atoms with van der Waals surface area (Å²) in [5.74, 6) is 2.12. The Morgan fingerprint density at radius 1 is 0.800 bits per heavy atom. The first-order valence-corrected chi connectivity index (χ1v) is 9.65. The van der Waals surface area contributed by atoms with Crippen LogP contribution in [0.5, 0.6) is 0 Å². The summed E-state index contributed by atoms with van der Waals surface area (Å²) in [6, 6.07) is 11.8. The van der Waals surface area contributed by atoms with Crippen molar-refractivity contribution >= 4 is 11.0 Å². The molecule has 25 heavy (non-hydrogen) atoms. The van der Waals surface area contributed by atoms with Crippen LogP contribution < -0.4 is 0 Å². The quantitative estimate of drug-likeness (QED) is 0.641. The number of aryl methyl sites for hydroxylation is 4. The van der Waals surface area contributed by atoms with Gasteiger partial charge in [-0.3, -0.25) is 0 Å². The molecule has 4 bridgehead atoms. The molecule has 130 valence electrons. The summed E-state index contributed by atoms with van der Waals surface area (Å²) in [7, 11) is 0.